The molecule has 37 heavy (non-hydrogen) atoms. The van der Waals surface area contributed by atoms with Crippen molar-refractivity contribution in [3.05, 3.63) is 94.5 Å². The summed E-state index contributed by atoms with van der Waals surface area (Å²) in [6, 6.07) is 19.7. The van der Waals surface area contributed by atoms with E-state index in [-0.39, 0.29) is 17.3 Å². The molecular weight excluding hydrogens is 510 g/mol. The Balaban J connectivity index is 2.06. The molecule has 0 saturated carbocycles. The number of para-hydroxylation sites is 1. The van der Waals surface area contributed by atoms with Crippen LogP contribution in [0.3, 0.4) is 0 Å². The lowest BCUT2D eigenvalue weighted by Crippen LogP contribution is -2.51. The minimum Gasteiger partial charge on any atom is -0.357 e. The number of amides is 2. The number of likely N-dealkylation sites (N-methyl/N-ethyl adjacent to an activating group) is 1. The summed E-state index contributed by atoms with van der Waals surface area (Å²) in [4.78, 5) is 28.1. The van der Waals surface area contributed by atoms with E-state index in [1.807, 2.05) is 19.9 Å². The molecule has 0 aliphatic rings. The van der Waals surface area contributed by atoms with Gasteiger partial charge in [0.1, 0.15) is 12.6 Å². The fourth-order valence-corrected chi connectivity index (χ4v) is 5.67. The van der Waals surface area contributed by atoms with Gasteiger partial charge in [-0.25, -0.2) is 8.42 Å². The van der Waals surface area contributed by atoms with Crippen LogP contribution in [0.15, 0.2) is 77.7 Å². The molecule has 0 aromatic heterocycles. The maximum atomic E-state index is 13.9. The van der Waals surface area contributed by atoms with Gasteiger partial charge in [-0.2, -0.15) is 0 Å². The molecule has 0 aliphatic heterocycles. The second kappa shape index (κ2) is 12.3. The topological polar surface area (TPSA) is 86.8 Å². The molecule has 0 fully saturated rings. The number of anilines is 1. The van der Waals surface area contributed by atoms with Gasteiger partial charge in [-0.1, -0.05) is 66.6 Å². The number of rotatable bonds is 10. The van der Waals surface area contributed by atoms with Crippen LogP contribution in [-0.4, -0.2) is 44.8 Å². The zero-order chi connectivity index (χ0) is 27.2. The Bertz CT molecular complexity index is 1340. The van der Waals surface area contributed by atoms with Crippen molar-refractivity contribution in [2.24, 2.45) is 0 Å². The minimum atomic E-state index is -4.09. The number of hydrogen-bond acceptors (Lipinski definition) is 4. The molecule has 1 atom stereocenters. The molecule has 1 N–H and O–H groups in total. The van der Waals surface area contributed by atoms with Gasteiger partial charge in [0.25, 0.3) is 10.0 Å². The van der Waals surface area contributed by atoms with Crippen molar-refractivity contribution in [3.8, 4) is 0 Å². The molecule has 0 bridgehead atoms. The lowest BCUT2D eigenvalue weighted by Gasteiger charge is -2.33. The molecule has 3 aromatic rings. The average Bonchev–Trinajstić information content (AvgIpc) is 2.88. The van der Waals surface area contributed by atoms with E-state index in [2.05, 4.69) is 5.32 Å². The first-order chi connectivity index (χ1) is 17.6. The Morgan fingerprint density at radius 1 is 0.946 bits per heavy atom. The van der Waals surface area contributed by atoms with Gasteiger partial charge in [-0.15, -0.1) is 0 Å². The smallest absolute Gasteiger partial charge is 0.264 e. The number of hydrogen-bond donors (Lipinski definition) is 1. The van der Waals surface area contributed by atoms with Crippen LogP contribution in [-0.2, 0) is 26.2 Å². The van der Waals surface area contributed by atoms with E-state index in [0.29, 0.717) is 22.7 Å². The van der Waals surface area contributed by atoms with E-state index in [1.165, 1.54) is 24.1 Å². The molecule has 3 aromatic carbocycles. The van der Waals surface area contributed by atoms with Gasteiger partial charge in [-0.3, -0.25) is 13.9 Å². The van der Waals surface area contributed by atoms with Crippen molar-refractivity contribution in [2.45, 2.75) is 44.7 Å². The number of carbonyl (C=O) groups is 2. The maximum absolute atomic E-state index is 13.9. The molecule has 0 aliphatic carbocycles. The summed E-state index contributed by atoms with van der Waals surface area (Å²) in [6.45, 7) is 5.13. The molecule has 7 nitrogen and oxygen atoms in total. The van der Waals surface area contributed by atoms with Crippen LogP contribution in [0.25, 0.3) is 0 Å². The Kier molecular flexibility index (Phi) is 9.34. The normalized spacial score (nSPS) is 12.0. The molecule has 2 amide bonds. The molecule has 0 spiro atoms. The molecule has 9 heteroatoms. The van der Waals surface area contributed by atoms with Crippen LogP contribution in [0, 0.1) is 13.8 Å². The largest absolute Gasteiger partial charge is 0.357 e. The number of nitrogens with one attached hydrogen (secondary N) is 1. The lowest BCUT2D eigenvalue weighted by molar-refractivity contribution is -0.140. The summed E-state index contributed by atoms with van der Waals surface area (Å²) in [6.07, 6.45) is 0.355. The summed E-state index contributed by atoms with van der Waals surface area (Å²) in [5.41, 5.74) is 2.79. The first-order valence-electron chi connectivity index (χ1n) is 12.0. The third-order valence-corrected chi connectivity index (χ3v) is 8.20. The van der Waals surface area contributed by atoms with Crippen LogP contribution in [0.1, 0.15) is 30.0 Å². The first kappa shape index (κ1) is 28.2. The second-order valence-electron chi connectivity index (χ2n) is 8.80. The van der Waals surface area contributed by atoms with Crippen LogP contribution in [0.4, 0.5) is 5.69 Å². The van der Waals surface area contributed by atoms with Crippen molar-refractivity contribution >= 4 is 39.1 Å². The summed E-state index contributed by atoms with van der Waals surface area (Å²) in [5.74, 6) is -0.821. The Hall–Kier alpha value is -3.36. The number of sulfonamides is 1. The number of carbonyl (C=O) groups excluding carboxylic acids is 2. The van der Waals surface area contributed by atoms with Crippen LogP contribution < -0.4 is 9.62 Å². The van der Waals surface area contributed by atoms with E-state index in [0.717, 1.165) is 15.4 Å². The van der Waals surface area contributed by atoms with Crippen molar-refractivity contribution < 1.29 is 18.0 Å². The molecule has 0 saturated heterocycles. The second-order valence-corrected chi connectivity index (χ2v) is 11.1. The summed E-state index contributed by atoms with van der Waals surface area (Å²) in [7, 11) is -2.58. The van der Waals surface area contributed by atoms with Crippen molar-refractivity contribution in [2.75, 3.05) is 17.9 Å². The van der Waals surface area contributed by atoms with Gasteiger partial charge in [0, 0.05) is 18.6 Å². The van der Waals surface area contributed by atoms with E-state index in [4.69, 9.17) is 11.6 Å². The maximum Gasteiger partial charge on any atom is 0.264 e. The number of aryl methyl sites for hydroxylation is 2. The van der Waals surface area contributed by atoms with Crippen molar-refractivity contribution in [1.29, 1.82) is 0 Å². The van der Waals surface area contributed by atoms with Gasteiger partial charge < -0.3 is 10.2 Å². The number of benzene rings is 3. The average molecular weight is 542 g/mol. The highest BCUT2D eigenvalue weighted by Crippen LogP contribution is 2.28. The molecule has 196 valence electrons. The Morgan fingerprint density at radius 3 is 2.14 bits per heavy atom. The quantitative estimate of drug-likeness (QED) is 0.403. The minimum absolute atomic E-state index is 0.0803. The van der Waals surface area contributed by atoms with Crippen LogP contribution >= 0.6 is 11.6 Å². The SMILES string of the molecule is CCC(C(=O)NC)N(Cc1ccc(Cl)cc1)C(=O)CN(c1ccccc1C)S(=O)(=O)c1ccc(C)cc1. The standard InChI is InChI=1S/C28H32ClN3O4S/c1-5-25(28(34)30-4)31(18-22-12-14-23(29)15-13-22)27(33)19-32(26-9-7-6-8-21(26)3)37(35,36)24-16-10-20(2)11-17-24/h6-17,25H,5,18-19H2,1-4H3,(H,30,34). The predicted molar refractivity (Wildman–Crippen MR) is 147 cm³/mol. The molecular formula is C28H32ClN3O4S. The zero-order valence-corrected chi connectivity index (χ0v) is 23.0. The summed E-state index contributed by atoms with van der Waals surface area (Å²) >= 11 is 6.03. The van der Waals surface area contributed by atoms with Crippen LogP contribution in [0.5, 0.6) is 0 Å². The Labute approximate surface area is 224 Å². The highest BCUT2D eigenvalue weighted by molar-refractivity contribution is 7.92. The van der Waals surface area contributed by atoms with E-state index in [9.17, 15) is 18.0 Å². The number of nitrogens with zero attached hydrogens (tertiary/aromatic N) is 2. The summed E-state index contributed by atoms with van der Waals surface area (Å²) < 4.78 is 28.8. The molecule has 0 heterocycles. The van der Waals surface area contributed by atoms with Crippen molar-refractivity contribution in [1.82, 2.24) is 10.2 Å². The monoisotopic (exact) mass is 541 g/mol. The van der Waals surface area contributed by atoms with E-state index in [1.54, 1.807) is 61.5 Å². The van der Waals surface area contributed by atoms with Gasteiger partial charge >= 0.3 is 0 Å². The van der Waals surface area contributed by atoms with Crippen molar-refractivity contribution in [3.63, 3.8) is 0 Å². The van der Waals surface area contributed by atoms with E-state index >= 15 is 0 Å². The lowest BCUT2D eigenvalue weighted by atomic mass is 10.1. The van der Waals surface area contributed by atoms with Gasteiger partial charge in [0.2, 0.25) is 11.8 Å². The van der Waals surface area contributed by atoms with Crippen LogP contribution in [0.2, 0.25) is 5.02 Å². The fraction of sp³-hybridized carbons (Fsp3) is 0.286. The first-order valence-corrected chi connectivity index (χ1v) is 13.8. The fourth-order valence-electron chi connectivity index (χ4n) is 4.07. The van der Waals surface area contributed by atoms with Gasteiger partial charge in [-0.05, 0) is 61.7 Å². The third kappa shape index (κ3) is 6.70. The van der Waals surface area contributed by atoms with E-state index < -0.39 is 28.5 Å². The van der Waals surface area contributed by atoms with Gasteiger partial charge in [0.15, 0.2) is 0 Å². The molecule has 0 radical (unpaired) electrons. The predicted octanol–water partition coefficient (Wildman–Crippen LogP) is 4.71. The zero-order valence-electron chi connectivity index (χ0n) is 21.4. The number of halogens is 1. The molecule has 3 rings (SSSR count). The highest BCUT2D eigenvalue weighted by atomic mass is 35.5. The van der Waals surface area contributed by atoms with Gasteiger partial charge in [0.05, 0.1) is 10.6 Å². The molecule has 1 unspecified atom stereocenters. The Morgan fingerprint density at radius 2 is 1.57 bits per heavy atom. The third-order valence-electron chi connectivity index (χ3n) is 6.17. The summed E-state index contributed by atoms with van der Waals surface area (Å²) in [5, 5.41) is 3.17. The highest BCUT2D eigenvalue weighted by Gasteiger charge is 2.33.